The van der Waals surface area contributed by atoms with Gasteiger partial charge in [0.05, 0.1) is 23.3 Å². The summed E-state index contributed by atoms with van der Waals surface area (Å²) in [6.07, 6.45) is 5.74. The zero-order chi connectivity index (χ0) is 23.0. The van der Waals surface area contributed by atoms with Gasteiger partial charge >= 0.3 is 0 Å². The van der Waals surface area contributed by atoms with E-state index in [0.717, 1.165) is 12.8 Å². The summed E-state index contributed by atoms with van der Waals surface area (Å²) in [4.78, 5) is 48.6. The summed E-state index contributed by atoms with van der Waals surface area (Å²) in [5.41, 5.74) is 0.506. The van der Waals surface area contributed by atoms with Crippen molar-refractivity contribution < 1.29 is 13.7 Å². The number of anilines is 3. The van der Waals surface area contributed by atoms with Crippen molar-refractivity contribution in [2.24, 2.45) is 5.92 Å². The maximum Gasteiger partial charge on any atom is 0.264 e. The smallest absolute Gasteiger partial charge is 0.264 e. The topological polar surface area (TPSA) is 134 Å². The van der Waals surface area contributed by atoms with Gasteiger partial charge in [-0.15, -0.1) is 0 Å². The fourth-order valence-electron chi connectivity index (χ4n) is 2.97. The van der Waals surface area contributed by atoms with Gasteiger partial charge in [0.25, 0.3) is 11.5 Å². The summed E-state index contributed by atoms with van der Waals surface area (Å²) >= 11 is 0. The highest BCUT2D eigenvalue weighted by atomic mass is 16.2. The molecule has 0 radical (unpaired) electrons. The van der Waals surface area contributed by atoms with Crippen LogP contribution in [0.15, 0.2) is 29.6 Å². The van der Waals surface area contributed by atoms with Crippen LogP contribution in [0.5, 0.6) is 0 Å². The Morgan fingerprint density at radius 2 is 2.17 bits per heavy atom. The van der Waals surface area contributed by atoms with E-state index in [-0.39, 0.29) is 39.8 Å². The number of pyridine rings is 1. The summed E-state index contributed by atoms with van der Waals surface area (Å²) in [6, 6.07) is 1.42. The Bertz CT molecular complexity index is 1260. The van der Waals surface area contributed by atoms with Gasteiger partial charge in [-0.2, -0.15) is 0 Å². The van der Waals surface area contributed by atoms with Gasteiger partial charge in [0.15, 0.2) is 0 Å². The molecule has 4 N–H and O–H groups in total. The molecule has 0 aromatic carbocycles. The number of aryl methyl sites for hydroxylation is 1. The molecular formula is C19H21N7O3. The van der Waals surface area contributed by atoms with Gasteiger partial charge < -0.3 is 20.9 Å². The van der Waals surface area contributed by atoms with Crippen molar-refractivity contribution in [3.8, 4) is 0 Å². The number of carbonyl (C=O) groups excluding carboxylic acids is 2. The van der Waals surface area contributed by atoms with Gasteiger partial charge in [-0.25, -0.2) is 9.97 Å². The lowest BCUT2D eigenvalue weighted by Crippen LogP contribution is -2.21. The summed E-state index contributed by atoms with van der Waals surface area (Å²) in [5.74, 6) is -0.924. The molecule has 3 aromatic heterocycles. The lowest BCUT2D eigenvalue weighted by atomic mass is 10.2. The number of aromatic amines is 1. The molecule has 0 unspecified atom stereocenters. The first-order valence-corrected chi connectivity index (χ1v) is 9.13. The number of hydrogen-bond acceptors (Lipinski definition) is 6. The van der Waals surface area contributed by atoms with Gasteiger partial charge in [-0.1, -0.05) is 0 Å². The molecule has 1 aliphatic carbocycles. The van der Waals surface area contributed by atoms with E-state index < -0.39 is 12.9 Å². The maximum atomic E-state index is 12.8. The second-order valence-electron chi connectivity index (χ2n) is 6.72. The predicted molar refractivity (Wildman–Crippen MR) is 108 cm³/mol. The molecule has 0 spiro atoms. The normalized spacial score (nSPS) is 15.3. The Hall–Kier alpha value is -3.69. The number of rotatable bonds is 6. The molecule has 2 amide bonds. The highest BCUT2D eigenvalue weighted by Crippen LogP contribution is 2.31. The summed E-state index contributed by atoms with van der Waals surface area (Å²) in [5, 5.41) is 7.87. The molecule has 1 fully saturated rings. The molecule has 3 heterocycles. The lowest BCUT2D eigenvalue weighted by Gasteiger charge is -2.13. The minimum absolute atomic E-state index is 0.0565. The summed E-state index contributed by atoms with van der Waals surface area (Å²) in [7, 11) is 0. The number of amides is 2. The van der Waals surface area contributed by atoms with Crippen molar-refractivity contribution in [1.29, 1.82) is 0 Å². The molecule has 29 heavy (non-hydrogen) atoms. The molecule has 10 nitrogen and oxygen atoms in total. The number of nitrogens with one attached hydrogen (secondary N) is 4. The van der Waals surface area contributed by atoms with E-state index in [1.54, 1.807) is 0 Å². The van der Waals surface area contributed by atoms with Crippen LogP contribution in [-0.4, -0.2) is 38.3 Å². The van der Waals surface area contributed by atoms with E-state index in [2.05, 4.69) is 25.6 Å². The largest absolute Gasteiger partial charge is 0.355 e. The molecule has 150 valence electrons. The Morgan fingerprint density at radius 1 is 1.34 bits per heavy atom. The van der Waals surface area contributed by atoms with E-state index in [9.17, 15) is 14.4 Å². The fourth-order valence-corrected chi connectivity index (χ4v) is 2.97. The van der Waals surface area contributed by atoms with E-state index in [1.807, 2.05) is 12.2 Å². The average Bonchev–Trinajstić information content (AvgIpc) is 3.49. The van der Waals surface area contributed by atoms with Crippen molar-refractivity contribution in [3.05, 3.63) is 40.7 Å². The van der Waals surface area contributed by atoms with Crippen LogP contribution in [0.1, 0.15) is 34.2 Å². The van der Waals surface area contributed by atoms with Crippen LogP contribution >= 0.6 is 0 Å². The van der Waals surface area contributed by atoms with Crippen LogP contribution in [0.4, 0.5) is 17.2 Å². The lowest BCUT2D eigenvalue weighted by molar-refractivity contribution is -0.117. The highest BCUT2D eigenvalue weighted by molar-refractivity contribution is 6.02. The molecule has 4 rings (SSSR count). The standard InChI is InChI=1S/C19H21N7O3/c1-3-26-9-23-16-15(19(26)29)13(8-22-16)24-12-6-14(25-17(27)10-4-5-10)21-7-11(12)18(28)20-2/h6-10,22H,3-5H2,1-2H3,(H,20,28)(H2,21,24,25,27)/i2D3. The first kappa shape index (κ1) is 15.3. The summed E-state index contributed by atoms with van der Waals surface area (Å²) < 4.78 is 23.3. The monoisotopic (exact) mass is 398 g/mol. The van der Waals surface area contributed by atoms with Gasteiger partial charge in [0, 0.05) is 42.0 Å². The minimum Gasteiger partial charge on any atom is -0.355 e. The fraction of sp³-hybridized carbons (Fsp3) is 0.316. The molecular weight excluding hydrogens is 374 g/mol. The van der Waals surface area contributed by atoms with E-state index in [1.165, 1.54) is 29.4 Å². The molecule has 0 saturated heterocycles. The van der Waals surface area contributed by atoms with Crippen molar-refractivity contribution in [3.63, 3.8) is 0 Å². The van der Waals surface area contributed by atoms with Crippen molar-refractivity contribution in [1.82, 2.24) is 24.8 Å². The second-order valence-corrected chi connectivity index (χ2v) is 6.72. The molecule has 0 atom stereocenters. The Morgan fingerprint density at radius 3 is 2.90 bits per heavy atom. The van der Waals surface area contributed by atoms with Crippen LogP contribution in [0.25, 0.3) is 11.0 Å². The highest BCUT2D eigenvalue weighted by Gasteiger charge is 2.30. The van der Waals surface area contributed by atoms with Crippen molar-refractivity contribution in [2.75, 3.05) is 17.6 Å². The first-order chi connectivity index (χ1) is 15.2. The summed E-state index contributed by atoms with van der Waals surface area (Å²) in [6.45, 7) is -0.471. The molecule has 0 bridgehead atoms. The van der Waals surface area contributed by atoms with E-state index in [0.29, 0.717) is 17.9 Å². The minimum atomic E-state index is -2.70. The third-order valence-electron chi connectivity index (χ3n) is 4.73. The van der Waals surface area contributed by atoms with E-state index >= 15 is 0 Å². The van der Waals surface area contributed by atoms with Crippen LogP contribution in [0, 0.1) is 5.92 Å². The Kier molecular flexibility index (Phi) is 3.88. The SMILES string of the molecule is [2H]C([2H])([2H])NC(=O)c1cnc(NC(=O)C2CC2)cc1Nc1c[nH]c2ncn(CC)c(=O)c12. The van der Waals surface area contributed by atoms with Gasteiger partial charge in [-0.3, -0.25) is 19.0 Å². The molecule has 1 aliphatic rings. The zero-order valence-corrected chi connectivity index (χ0v) is 15.6. The van der Waals surface area contributed by atoms with Gasteiger partial charge in [0.1, 0.15) is 16.9 Å². The third-order valence-corrected chi connectivity index (χ3v) is 4.73. The Balaban J connectivity index is 1.74. The maximum absolute atomic E-state index is 12.8. The number of H-pyrrole nitrogens is 1. The van der Waals surface area contributed by atoms with Crippen molar-refractivity contribution in [2.45, 2.75) is 26.3 Å². The Labute approximate surface area is 170 Å². The van der Waals surface area contributed by atoms with Crippen molar-refractivity contribution >= 4 is 40.0 Å². The quantitative estimate of drug-likeness (QED) is 0.498. The molecule has 10 heteroatoms. The number of hydrogen-bond donors (Lipinski definition) is 4. The number of nitrogens with zero attached hydrogens (tertiary/aromatic N) is 3. The first-order valence-electron chi connectivity index (χ1n) is 10.6. The zero-order valence-electron chi connectivity index (χ0n) is 18.6. The molecule has 3 aromatic rings. The molecule has 1 saturated carbocycles. The van der Waals surface area contributed by atoms with Gasteiger partial charge in [-0.05, 0) is 19.8 Å². The predicted octanol–water partition coefficient (Wildman–Crippen LogP) is 1.59. The number of aromatic nitrogens is 4. The van der Waals surface area contributed by atoms with E-state index in [4.69, 9.17) is 4.11 Å². The molecule has 0 aliphatic heterocycles. The van der Waals surface area contributed by atoms with Gasteiger partial charge in [0.2, 0.25) is 5.91 Å². The number of fused-ring (bicyclic) bond motifs is 1. The van der Waals surface area contributed by atoms with Crippen LogP contribution < -0.4 is 21.5 Å². The number of carbonyl (C=O) groups is 2. The third kappa shape index (κ3) is 3.56. The average molecular weight is 398 g/mol. The van der Waals surface area contributed by atoms with Crippen LogP contribution in [0.2, 0.25) is 0 Å². The van der Waals surface area contributed by atoms with Crippen LogP contribution in [0.3, 0.4) is 0 Å². The second kappa shape index (κ2) is 7.38. The van der Waals surface area contributed by atoms with Crippen LogP contribution in [-0.2, 0) is 11.3 Å².